The number of rotatable bonds is 5. The number of anilines is 1. The molecule has 0 saturated carbocycles. The Kier molecular flexibility index (Phi) is 5.14. The van der Waals surface area contributed by atoms with Crippen molar-refractivity contribution < 1.29 is 8.42 Å². The maximum Gasteiger partial charge on any atom is 0.264 e. The third-order valence-electron chi connectivity index (χ3n) is 4.35. The van der Waals surface area contributed by atoms with Gasteiger partial charge in [0.1, 0.15) is 0 Å². The van der Waals surface area contributed by atoms with E-state index in [4.69, 9.17) is 0 Å². The summed E-state index contributed by atoms with van der Waals surface area (Å²) in [5, 5.41) is 0. The molecule has 134 valence electrons. The Bertz CT molecular complexity index is 991. The highest BCUT2D eigenvalue weighted by Gasteiger charge is 2.25. The van der Waals surface area contributed by atoms with Crippen LogP contribution in [0.4, 0.5) is 5.69 Å². The normalized spacial score (nSPS) is 11.3. The summed E-state index contributed by atoms with van der Waals surface area (Å²) in [5.41, 5.74) is 4.83. The van der Waals surface area contributed by atoms with Crippen LogP contribution in [0.2, 0.25) is 0 Å². The van der Waals surface area contributed by atoms with E-state index >= 15 is 0 Å². The van der Waals surface area contributed by atoms with Crippen molar-refractivity contribution in [1.29, 1.82) is 0 Å². The minimum atomic E-state index is -3.66. The molecular weight excluding hydrogens is 342 g/mol. The van der Waals surface area contributed by atoms with E-state index in [0.717, 1.165) is 22.3 Å². The van der Waals surface area contributed by atoms with Crippen molar-refractivity contribution in [2.24, 2.45) is 0 Å². The van der Waals surface area contributed by atoms with E-state index in [-0.39, 0.29) is 0 Å². The fourth-order valence-electron chi connectivity index (χ4n) is 2.79. The number of aryl methyl sites for hydroxylation is 3. The van der Waals surface area contributed by atoms with Crippen LogP contribution in [0.15, 0.2) is 77.7 Å². The number of hydrogen-bond acceptors (Lipinski definition) is 2. The van der Waals surface area contributed by atoms with Crippen LogP contribution in [0.25, 0.3) is 0 Å². The molecule has 0 aliphatic rings. The first-order valence-corrected chi connectivity index (χ1v) is 10.0. The molecule has 0 aliphatic carbocycles. The van der Waals surface area contributed by atoms with Crippen molar-refractivity contribution in [2.75, 3.05) is 4.31 Å². The first kappa shape index (κ1) is 18.2. The van der Waals surface area contributed by atoms with Crippen LogP contribution >= 0.6 is 0 Å². The molecule has 3 aromatic carbocycles. The van der Waals surface area contributed by atoms with E-state index < -0.39 is 10.0 Å². The van der Waals surface area contributed by atoms with Gasteiger partial charge in [0.05, 0.1) is 17.1 Å². The SMILES string of the molecule is Cc1ccc(CN(c2cccc(C)c2)S(=O)(=O)c2ccc(C)cc2)cc1. The van der Waals surface area contributed by atoms with Gasteiger partial charge in [0.15, 0.2) is 0 Å². The third kappa shape index (κ3) is 3.97. The molecule has 0 heterocycles. The second-order valence-corrected chi connectivity index (χ2v) is 8.51. The van der Waals surface area contributed by atoms with Crippen LogP contribution in [-0.2, 0) is 16.6 Å². The zero-order valence-corrected chi connectivity index (χ0v) is 16.1. The monoisotopic (exact) mass is 365 g/mol. The smallest absolute Gasteiger partial charge is 0.262 e. The number of benzene rings is 3. The van der Waals surface area contributed by atoms with Gasteiger partial charge in [-0.3, -0.25) is 4.31 Å². The lowest BCUT2D eigenvalue weighted by atomic mass is 10.1. The summed E-state index contributed by atoms with van der Waals surface area (Å²) in [6.07, 6.45) is 0. The van der Waals surface area contributed by atoms with Gasteiger partial charge in [0.25, 0.3) is 10.0 Å². The molecule has 4 heteroatoms. The second-order valence-electron chi connectivity index (χ2n) is 6.65. The molecule has 26 heavy (non-hydrogen) atoms. The molecule has 0 radical (unpaired) electrons. The fraction of sp³-hybridized carbons (Fsp3) is 0.182. The topological polar surface area (TPSA) is 37.4 Å². The minimum Gasteiger partial charge on any atom is -0.262 e. The Morgan fingerprint density at radius 1 is 0.731 bits per heavy atom. The lowest BCUT2D eigenvalue weighted by Crippen LogP contribution is -2.30. The van der Waals surface area contributed by atoms with Gasteiger partial charge in [-0.25, -0.2) is 8.42 Å². The van der Waals surface area contributed by atoms with Gasteiger partial charge in [-0.1, -0.05) is 59.7 Å². The Balaban J connectivity index is 2.07. The quantitative estimate of drug-likeness (QED) is 0.637. The van der Waals surface area contributed by atoms with Crippen molar-refractivity contribution in [1.82, 2.24) is 0 Å². The molecule has 3 nitrogen and oxygen atoms in total. The largest absolute Gasteiger partial charge is 0.264 e. The van der Waals surface area contributed by atoms with Crippen molar-refractivity contribution in [2.45, 2.75) is 32.2 Å². The van der Waals surface area contributed by atoms with Gasteiger partial charge in [-0.15, -0.1) is 0 Å². The summed E-state index contributed by atoms with van der Waals surface area (Å²) in [7, 11) is -3.66. The molecule has 3 rings (SSSR count). The maximum absolute atomic E-state index is 13.4. The molecule has 0 aliphatic heterocycles. The summed E-state index contributed by atoms with van der Waals surface area (Å²) < 4.78 is 28.2. The molecule has 0 amide bonds. The van der Waals surface area contributed by atoms with E-state index in [0.29, 0.717) is 17.1 Å². The molecule has 3 aromatic rings. The second kappa shape index (κ2) is 7.34. The highest BCUT2D eigenvalue weighted by atomic mass is 32.2. The molecule has 0 spiro atoms. The number of hydrogen-bond donors (Lipinski definition) is 0. The zero-order chi connectivity index (χ0) is 18.7. The van der Waals surface area contributed by atoms with E-state index in [2.05, 4.69) is 0 Å². The van der Waals surface area contributed by atoms with E-state index in [1.807, 2.05) is 81.4 Å². The van der Waals surface area contributed by atoms with E-state index in [1.54, 1.807) is 12.1 Å². The van der Waals surface area contributed by atoms with Gasteiger partial charge in [-0.05, 0) is 56.2 Å². The Labute approximate surface area is 156 Å². The Hall–Kier alpha value is -2.59. The summed E-state index contributed by atoms with van der Waals surface area (Å²) in [6, 6.07) is 22.5. The summed E-state index contributed by atoms with van der Waals surface area (Å²) in [4.78, 5) is 0.303. The first-order chi connectivity index (χ1) is 12.4. The Morgan fingerprint density at radius 3 is 1.88 bits per heavy atom. The highest BCUT2D eigenvalue weighted by molar-refractivity contribution is 7.92. The Morgan fingerprint density at radius 2 is 1.31 bits per heavy atom. The summed E-state index contributed by atoms with van der Waals surface area (Å²) >= 11 is 0. The molecule has 0 fully saturated rings. The molecule has 0 bridgehead atoms. The average Bonchev–Trinajstić information content (AvgIpc) is 2.61. The standard InChI is InChI=1S/C22H23NO2S/c1-17-7-11-20(12-8-17)16-23(21-6-4-5-19(3)15-21)26(24,25)22-13-9-18(2)10-14-22/h4-15H,16H2,1-3H3. The molecule has 0 saturated heterocycles. The lowest BCUT2D eigenvalue weighted by Gasteiger charge is -2.25. The van der Waals surface area contributed by atoms with Gasteiger partial charge in [0, 0.05) is 0 Å². The molecule has 0 atom stereocenters. The lowest BCUT2D eigenvalue weighted by molar-refractivity contribution is 0.590. The third-order valence-corrected chi connectivity index (χ3v) is 6.13. The predicted molar refractivity (Wildman–Crippen MR) is 107 cm³/mol. The predicted octanol–water partition coefficient (Wildman–Crippen LogP) is 5.01. The van der Waals surface area contributed by atoms with Crippen molar-refractivity contribution >= 4 is 15.7 Å². The fourth-order valence-corrected chi connectivity index (χ4v) is 4.24. The molecule has 0 unspecified atom stereocenters. The van der Waals surface area contributed by atoms with Gasteiger partial charge in [-0.2, -0.15) is 0 Å². The van der Waals surface area contributed by atoms with E-state index in [1.165, 1.54) is 4.31 Å². The van der Waals surface area contributed by atoms with Gasteiger partial charge < -0.3 is 0 Å². The maximum atomic E-state index is 13.4. The molecular formula is C22H23NO2S. The van der Waals surface area contributed by atoms with Crippen LogP contribution in [0.1, 0.15) is 22.3 Å². The van der Waals surface area contributed by atoms with Crippen LogP contribution in [0.3, 0.4) is 0 Å². The molecule has 0 N–H and O–H groups in total. The van der Waals surface area contributed by atoms with Gasteiger partial charge in [0.2, 0.25) is 0 Å². The van der Waals surface area contributed by atoms with Crippen LogP contribution < -0.4 is 4.31 Å². The zero-order valence-electron chi connectivity index (χ0n) is 15.3. The summed E-state index contributed by atoms with van der Waals surface area (Å²) in [5.74, 6) is 0. The summed E-state index contributed by atoms with van der Waals surface area (Å²) in [6.45, 7) is 6.22. The average molecular weight is 365 g/mol. The van der Waals surface area contributed by atoms with Crippen molar-refractivity contribution in [3.63, 3.8) is 0 Å². The first-order valence-electron chi connectivity index (χ1n) is 8.58. The minimum absolute atomic E-state index is 0.292. The van der Waals surface area contributed by atoms with Crippen molar-refractivity contribution in [3.8, 4) is 0 Å². The molecule has 0 aromatic heterocycles. The number of nitrogens with zero attached hydrogens (tertiary/aromatic N) is 1. The van der Waals surface area contributed by atoms with E-state index in [9.17, 15) is 8.42 Å². The van der Waals surface area contributed by atoms with Crippen LogP contribution in [0, 0.1) is 20.8 Å². The van der Waals surface area contributed by atoms with Crippen molar-refractivity contribution in [3.05, 3.63) is 95.1 Å². The van der Waals surface area contributed by atoms with Gasteiger partial charge >= 0.3 is 0 Å². The highest BCUT2D eigenvalue weighted by Crippen LogP contribution is 2.27. The van der Waals surface area contributed by atoms with Crippen LogP contribution in [-0.4, -0.2) is 8.42 Å². The number of sulfonamides is 1. The van der Waals surface area contributed by atoms with Crippen LogP contribution in [0.5, 0.6) is 0 Å².